The predicted molar refractivity (Wildman–Crippen MR) is 127 cm³/mol. The Morgan fingerprint density at radius 2 is 1.81 bits per heavy atom. The molecule has 1 amide bonds. The number of sulfonamides is 1. The van der Waals surface area contributed by atoms with Crippen molar-refractivity contribution in [3.05, 3.63) is 52.5 Å². The van der Waals surface area contributed by atoms with Gasteiger partial charge in [0.2, 0.25) is 10.0 Å². The summed E-state index contributed by atoms with van der Waals surface area (Å²) in [7, 11) is -1.99. The minimum Gasteiger partial charge on any atom is -0.490 e. The fourth-order valence-electron chi connectivity index (χ4n) is 2.43. The van der Waals surface area contributed by atoms with Crippen LogP contribution >= 0.6 is 28.1 Å². The van der Waals surface area contributed by atoms with Gasteiger partial charge in [0.05, 0.1) is 16.0 Å². The van der Waals surface area contributed by atoms with Crippen molar-refractivity contribution in [2.24, 2.45) is 0 Å². The van der Waals surface area contributed by atoms with Crippen LogP contribution in [0, 0.1) is 0 Å². The van der Waals surface area contributed by atoms with E-state index in [-0.39, 0.29) is 16.0 Å². The molecule has 11 heteroatoms. The van der Waals surface area contributed by atoms with Gasteiger partial charge in [-0.05, 0) is 84.5 Å². The van der Waals surface area contributed by atoms with Crippen LogP contribution in [0.5, 0.6) is 5.75 Å². The summed E-state index contributed by atoms with van der Waals surface area (Å²) in [4.78, 5) is 12.6. The first kappa shape index (κ1) is 25.2. The number of amides is 1. The second-order valence-corrected chi connectivity index (χ2v) is 9.67. The lowest BCUT2D eigenvalue weighted by molar-refractivity contribution is 0.0977. The smallest absolute Gasteiger partial charge is 0.257 e. The first-order valence-electron chi connectivity index (χ1n) is 9.28. The average molecular weight is 530 g/mol. The van der Waals surface area contributed by atoms with Crippen LogP contribution in [0.3, 0.4) is 0 Å². The third kappa shape index (κ3) is 7.86. The van der Waals surface area contributed by atoms with E-state index in [0.29, 0.717) is 34.7 Å². The van der Waals surface area contributed by atoms with Crippen LogP contribution in [0.15, 0.2) is 51.8 Å². The molecule has 0 aromatic heterocycles. The normalized spacial score (nSPS) is 11.3. The molecule has 0 saturated heterocycles. The number of hydrogen-bond acceptors (Lipinski definition) is 6. The number of methoxy groups -OCH3 is 1. The maximum atomic E-state index is 12.4. The van der Waals surface area contributed by atoms with E-state index in [1.54, 1.807) is 51.3 Å². The minimum atomic E-state index is -3.58. The lowest BCUT2D eigenvalue weighted by atomic mass is 10.2. The Kier molecular flexibility index (Phi) is 9.38. The van der Waals surface area contributed by atoms with E-state index in [9.17, 15) is 13.2 Å². The van der Waals surface area contributed by atoms with Crippen LogP contribution < -0.4 is 20.1 Å². The third-order valence-electron chi connectivity index (χ3n) is 3.78. The molecule has 2 rings (SSSR count). The molecular weight excluding hydrogens is 506 g/mol. The summed E-state index contributed by atoms with van der Waals surface area (Å²) in [6.07, 6.45) is 0. The average Bonchev–Trinajstić information content (AvgIpc) is 2.68. The summed E-state index contributed by atoms with van der Waals surface area (Å²) in [5, 5.41) is 5.52. The molecule has 3 N–H and O–H groups in total. The number of carbonyl (C=O) groups is 1. The molecule has 2 aromatic rings. The van der Waals surface area contributed by atoms with Crippen molar-refractivity contribution in [3.8, 4) is 5.75 Å². The number of hydrogen-bond donors (Lipinski definition) is 3. The SMILES string of the molecule is COCCOc1ccc(C(=O)NC(=S)Nc2ccc(S(=O)(=O)NC(C)C)cc2)cc1Br. The lowest BCUT2D eigenvalue weighted by Crippen LogP contribution is -2.34. The van der Waals surface area contributed by atoms with E-state index < -0.39 is 15.9 Å². The van der Waals surface area contributed by atoms with Crippen molar-refractivity contribution in [2.75, 3.05) is 25.6 Å². The van der Waals surface area contributed by atoms with Gasteiger partial charge in [0, 0.05) is 24.4 Å². The number of benzene rings is 2. The fourth-order valence-corrected chi connectivity index (χ4v) is 4.38. The molecule has 0 saturated carbocycles. The maximum Gasteiger partial charge on any atom is 0.257 e. The van der Waals surface area contributed by atoms with Gasteiger partial charge in [-0.2, -0.15) is 0 Å². The highest BCUT2D eigenvalue weighted by molar-refractivity contribution is 9.10. The first-order chi connectivity index (χ1) is 14.6. The number of thiocarbonyl (C=S) groups is 1. The fraction of sp³-hybridized carbons (Fsp3) is 0.300. The molecule has 8 nitrogen and oxygen atoms in total. The molecule has 0 bridgehead atoms. The Hall–Kier alpha value is -2.05. The summed E-state index contributed by atoms with van der Waals surface area (Å²) in [6, 6.07) is 10.7. The van der Waals surface area contributed by atoms with Gasteiger partial charge >= 0.3 is 0 Å². The van der Waals surface area contributed by atoms with E-state index in [0.717, 1.165) is 0 Å². The Bertz CT molecular complexity index is 1030. The molecule has 0 atom stereocenters. The van der Waals surface area contributed by atoms with Crippen LogP contribution in [0.25, 0.3) is 0 Å². The maximum absolute atomic E-state index is 12.4. The number of halogens is 1. The molecular formula is C20H24BrN3O5S2. The zero-order chi connectivity index (χ0) is 23.0. The van der Waals surface area contributed by atoms with Gasteiger partial charge in [0.1, 0.15) is 12.4 Å². The summed E-state index contributed by atoms with van der Waals surface area (Å²) in [5.74, 6) is 0.193. The quantitative estimate of drug-likeness (QED) is 0.338. The van der Waals surface area contributed by atoms with Crippen molar-refractivity contribution in [1.29, 1.82) is 0 Å². The van der Waals surface area contributed by atoms with Crippen molar-refractivity contribution >= 4 is 54.9 Å². The highest BCUT2D eigenvalue weighted by Crippen LogP contribution is 2.26. The van der Waals surface area contributed by atoms with Gasteiger partial charge in [0.15, 0.2) is 5.11 Å². The molecule has 0 aliphatic carbocycles. The van der Waals surface area contributed by atoms with Gasteiger partial charge in [-0.15, -0.1) is 0 Å². The molecule has 168 valence electrons. The summed E-state index contributed by atoms with van der Waals surface area (Å²) in [5.41, 5.74) is 0.924. The summed E-state index contributed by atoms with van der Waals surface area (Å²) < 4.78 is 38.0. The van der Waals surface area contributed by atoms with Crippen LogP contribution in [-0.2, 0) is 14.8 Å². The van der Waals surface area contributed by atoms with Crippen LogP contribution in [0.4, 0.5) is 5.69 Å². The second kappa shape index (κ2) is 11.5. The lowest BCUT2D eigenvalue weighted by Gasteiger charge is -2.12. The minimum absolute atomic E-state index is 0.0810. The van der Waals surface area contributed by atoms with Gasteiger partial charge in [0.25, 0.3) is 5.91 Å². The van der Waals surface area contributed by atoms with Gasteiger partial charge in [-0.1, -0.05) is 0 Å². The Morgan fingerprint density at radius 3 is 2.39 bits per heavy atom. The van der Waals surface area contributed by atoms with Crippen molar-refractivity contribution in [3.63, 3.8) is 0 Å². The van der Waals surface area contributed by atoms with E-state index in [1.807, 2.05) is 0 Å². The van der Waals surface area contributed by atoms with E-state index in [1.165, 1.54) is 12.1 Å². The monoisotopic (exact) mass is 529 g/mol. The highest BCUT2D eigenvalue weighted by atomic mass is 79.9. The molecule has 0 heterocycles. The van der Waals surface area contributed by atoms with Crippen molar-refractivity contribution in [2.45, 2.75) is 24.8 Å². The molecule has 0 fully saturated rings. The highest BCUT2D eigenvalue weighted by Gasteiger charge is 2.15. The first-order valence-corrected chi connectivity index (χ1v) is 12.0. The van der Waals surface area contributed by atoms with E-state index in [2.05, 4.69) is 31.3 Å². The Balaban J connectivity index is 1.96. The zero-order valence-corrected chi connectivity index (χ0v) is 20.5. The number of nitrogens with one attached hydrogen (secondary N) is 3. The number of ether oxygens (including phenoxy) is 2. The topological polar surface area (TPSA) is 106 Å². The summed E-state index contributed by atoms with van der Waals surface area (Å²) >= 11 is 8.56. The largest absolute Gasteiger partial charge is 0.490 e. The number of rotatable bonds is 9. The van der Waals surface area contributed by atoms with Gasteiger partial charge in [-0.25, -0.2) is 13.1 Å². The standard InChI is InChI=1S/C20H24BrN3O5S2/c1-13(2)24-31(26,27)16-7-5-15(6-8-16)22-20(30)23-19(25)14-4-9-18(17(21)12-14)29-11-10-28-3/h4-9,12-13,24H,10-11H2,1-3H3,(H2,22,23,25,30). The van der Waals surface area contributed by atoms with Crippen molar-refractivity contribution in [1.82, 2.24) is 10.0 Å². The van der Waals surface area contributed by atoms with Crippen LogP contribution in [0.1, 0.15) is 24.2 Å². The molecule has 31 heavy (non-hydrogen) atoms. The molecule has 0 aliphatic rings. The van der Waals surface area contributed by atoms with Gasteiger partial charge in [-0.3, -0.25) is 10.1 Å². The predicted octanol–water partition coefficient (Wildman–Crippen LogP) is 3.29. The molecule has 0 unspecified atom stereocenters. The molecule has 0 radical (unpaired) electrons. The van der Waals surface area contributed by atoms with Crippen LogP contribution in [-0.4, -0.2) is 45.8 Å². The van der Waals surface area contributed by atoms with Crippen molar-refractivity contribution < 1.29 is 22.7 Å². The third-order valence-corrected chi connectivity index (χ3v) is 6.28. The summed E-state index contributed by atoms with van der Waals surface area (Å²) in [6.45, 7) is 4.34. The molecule has 0 spiro atoms. The van der Waals surface area contributed by atoms with E-state index in [4.69, 9.17) is 21.7 Å². The molecule has 2 aromatic carbocycles. The van der Waals surface area contributed by atoms with Crippen LogP contribution in [0.2, 0.25) is 0 Å². The Morgan fingerprint density at radius 1 is 1.13 bits per heavy atom. The van der Waals surface area contributed by atoms with Gasteiger partial charge < -0.3 is 14.8 Å². The zero-order valence-electron chi connectivity index (χ0n) is 17.3. The Labute approximate surface area is 195 Å². The van der Waals surface area contributed by atoms with E-state index >= 15 is 0 Å². The number of carbonyl (C=O) groups excluding carboxylic acids is 1. The second-order valence-electron chi connectivity index (χ2n) is 6.70. The molecule has 0 aliphatic heterocycles. The number of anilines is 1.